The molecule has 0 aliphatic carbocycles. The van der Waals surface area contributed by atoms with Crippen LogP contribution in [0.4, 0.5) is 0 Å². The van der Waals surface area contributed by atoms with Crippen LogP contribution in [0.1, 0.15) is 25.0 Å². The molecule has 0 radical (unpaired) electrons. The number of hydrogen-bond acceptors (Lipinski definition) is 0. The van der Waals surface area contributed by atoms with E-state index in [0.29, 0.717) is 12.1 Å². The molecule has 3 aromatic carbocycles. The number of benzene rings is 3. The highest BCUT2D eigenvalue weighted by Gasteiger charge is 2.02. The molecule has 0 amide bonds. The van der Waals surface area contributed by atoms with E-state index in [2.05, 4.69) is 43.0 Å². The molecule has 0 aliphatic heterocycles. The molecular formula is C22H20. The van der Waals surface area contributed by atoms with Crippen molar-refractivity contribution in [2.45, 2.75) is 12.8 Å². The molecule has 0 atom stereocenters. The first-order valence-corrected chi connectivity index (χ1v) is 7.52. The van der Waals surface area contributed by atoms with Gasteiger partial charge in [-0.1, -0.05) is 91.5 Å². The second-order valence-corrected chi connectivity index (χ2v) is 5.38. The molecule has 0 saturated carbocycles. The second-order valence-electron chi connectivity index (χ2n) is 5.38. The molecule has 0 aliphatic rings. The first-order chi connectivity index (χ1) is 11.6. The molecule has 108 valence electrons. The topological polar surface area (TPSA) is 0 Å². The highest BCUT2D eigenvalue weighted by molar-refractivity contribution is 5.77. The Morgan fingerprint density at radius 2 is 1.23 bits per heavy atom. The molecule has 0 bridgehead atoms. The van der Waals surface area contributed by atoms with Gasteiger partial charge in [-0.05, 0) is 40.7 Å². The van der Waals surface area contributed by atoms with E-state index in [4.69, 9.17) is 2.74 Å². The summed E-state index contributed by atoms with van der Waals surface area (Å²) in [6, 6.07) is 24.7. The van der Waals surface area contributed by atoms with Crippen LogP contribution in [0.5, 0.6) is 0 Å². The Balaban J connectivity index is 1.67. The third-order valence-electron chi connectivity index (χ3n) is 3.83. The zero-order chi connectivity index (χ0) is 16.9. The summed E-state index contributed by atoms with van der Waals surface area (Å²) in [4.78, 5) is 0. The number of hydrogen-bond donors (Lipinski definition) is 0. The SMILES string of the molecule is [2H]c1cc([2H])cc(CCc2ccc(C(=C)c3ccccc3)cc2)c1. The third kappa shape index (κ3) is 3.53. The van der Waals surface area contributed by atoms with Gasteiger partial charge in [-0.25, -0.2) is 0 Å². The molecule has 0 aromatic heterocycles. The van der Waals surface area contributed by atoms with Gasteiger partial charge in [-0.3, -0.25) is 0 Å². The van der Waals surface area contributed by atoms with Crippen molar-refractivity contribution in [3.05, 3.63) is 114 Å². The van der Waals surface area contributed by atoms with E-state index in [1.165, 1.54) is 5.56 Å². The Kier molecular flexibility index (Phi) is 3.77. The molecule has 0 N–H and O–H groups in total. The lowest BCUT2D eigenvalue weighted by Gasteiger charge is -2.08. The predicted octanol–water partition coefficient (Wildman–Crippen LogP) is 5.53. The molecule has 0 nitrogen and oxygen atoms in total. The Bertz CT molecular complexity index is 813. The van der Waals surface area contributed by atoms with Crippen molar-refractivity contribution in [2.75, 3.05) is 0 Å². The Morgan fingerprint density at radius 3 is 1.86 bits per heavy atom. The minimum atomic E-state index is 0.409. The molecule has 0 fully saturated rings. The van der Waals surface area contributed by atoms with Crippen LogP contribution in [0.15, 0.2) is 91.5 Å². The minimum Gasteiger partial charge on any atom is -0.0906 e. The highest BCUT2D eigenvalue weighted by atomic mass is 14.1. The number of aryl methyl sites for hydroxylation is 2. The molecule has 0 unspecified atom stereocenters. The third-order valence-corrected chi connectivity index (χ3v) is 3.83. The fourth-order valence-electron chi connectivity index (χ4n) is 2.50. The van der Waals surface area contributed by atoms with E-state index in [9.17, 15) is 0 Å². The molecule has 0 heteroatoms. The standard InChI is InChI=1S/C22H20/c1-18(21-10-6-3-7-11-21)22-16-14-20(15-17-22)13-12-19-8-4-2-5-9-19/h2-11,14-17H,1,12-13H2/i4D,5D. The van der Waals surface area contributed by atoms with Gasteiger partial charge in [-0.15, -0.1) is 0 Å². The van der Waals surface area contributed by atoms with E-state index in [0.717, 1.165) is 35.1 Å². The zero-order valence-corrected chi connectivity index (χ0v) is 12.5. The van der Waals surface area contributed by atoms with Crippen LogP contribution < -0.4 is 0 Å². The van der Waals surface area contributed by atoms with Crippen LogP contribution in [-0.4, -0.2) is 0 Å². The van der Waals surface area contributed by atoms with Crippen molar-refractivity contribution >= 4 is 5.57 Å². The van der Waals surface area contributed by atoms with Crippen LogP contribution >= 0.6 is 0 Å². The summed E-state index contributed by atoms with van der Waals surface area (Å²) in [7, 11) is 0. The average Bonchev–Trinajstić information content (AvgIpc) is 2.60. The van der Waals surface area contributed by atoms with Gasteiger partial charge < -0.3 is 0 Å². The first kappa shape index (κ1) is 12.0. The normalized spacial score (nSPS) is 11.6. The minimum absolute atomic E-state index is 0.409. The van der Waals surface area contributed by atoms with Crippen LogP contribution in [-0.2, 0) is 12.8 Å². The van der Waals surface area contributed by atoms with Gasteiger partial charge in [0.2, 0.25) is 0 Å². The molecule has 3 aromatic rings. The Labute approximate surface area is 135 Å². The summed E-state index contributed by atoms with van der Waals surface area (Å²) in [5.41, 5.74) is 5.60. The highest BCUT2D eigenvalue weighted by Crippen LogP contribution is 2.21. The molecule has 3 rings (SSSR count). The lowest BCUT2D eigenvalue weighted by molar-refractivity contribution is 0.960. The predicted molar refractivity (Wildman–Crippen MR) is 94.9 cm³/mol. The summed E-state index contributed by atoms with van der Waals surface area (Å²) >= 11 is 0. The first-order valence-electron chi connectivity index (χ1n) is 8.52. The van der Waals surface area contributed by atoms with Gasteiger partial charge in [0.25, 0.3) is 0 Å². The van der Waals surface area contributed by atoms with Crippen molar-refractivity contribution in [1.29, 1.82) is 0 Å². The van der Waals surface area contributed by atoms with Gasteiger partial charge in [-0.2, -0.15) is 0 Å². The lowest BCUT2D eigenvalue weighted by Crippen LogP contribution is -1.92. The maximum Gasteiger partial charge on any atom is 0.0623 e. The fraction of sp³-hybridized carbons (Fsp3) is 0.0909. The maximum atomic E-state index is 7.69. The molecule has 22 heavy (non-hydrogen) atoms. The van der Waals surface area contributed by atoms with Crippen LogP contribution in [0.2, 0.25) is 0 Å². The molecule has 0 saturated heterocycles. The lowest BCUT2D eigenvalue weighted by atomic mass is 9.97. The van der Waals surface area contributed by atoms with Crippen LogP contribution in [0, 0.1) is 0 Å². The summed E-state index contributed by atoms with van der Waals surface area (Å²) in [6.45, 7) is 4.20. The van der Waals surface area contributed by atoms with Gasteiger partial charge in [0.15, 0.2) is 0 Å². The van der Waals surface area contributed by atoms with Gasteiger partial charge in [0, 0.05) is 0 Å². The van der Waals surface area contributed by atoms with E-state index in [1.807, 2.05) is 30.3 Å². The largest absolute Gasteiger partial charge is 0.0906 e. The summed E-state index contributed by atoms with van der Waals surface area (Å²) in [6.07, 6.45) is 1.75. The summed E-state index contributed by atoms with van der Waals surface area (Å²) in [5.74, 6) is 0. The summed E-state index contributed by atoms with van der Waals surface area (Å²) in [5, 5.41) is 0. The van der Waals surface area contributed by atoms with Gasteiger partial charge >= 0.3 is 0 Å². The van der Waals surface area contributed by atoms with E-state index < -0.39 is 0 Å². The van der Waals surface area contributed by atoms with Crippen molar-refractivity contribution in [3.8, 4) is 0 Å². The van der Waals surface area contributed by atoms with Crippen LogP contribution in [0.25, 0.3) is 5.57 Å². The van der Waals surface area contributed by atoms with Gasteiger partial charge in [0.1, 0.15) is 0 Å². The van der Waals surface area contributed by atoms with E-state index >= 15 is 0 Å². The van der Waals surface area contributed by atoms with Crippen molar-refractivity contribution < 1.29 is 2.74 Å². The molecule has 0 heterocycles. The maximum absolute atomic E-state index is 7.69. The Hall–Kier alpha value is -2.60. The number of rotatable bonds is 5. The fourth-order valence-corrected chi connectivity index (χ4v) is 2.50. The van der Waals surface area contributed by atoms with Crippen molar-refractivity contribution in [3.63, 3.8) is 0 Å². The second kappa shape index (κ2) is 6.91. The smallest absolute Gasteiger partial charge is 0.0623 e. The quantitative estimate of drug-likeness (QED) is 0.578. The molecule has 0 spiro atoms. The summed E-state index contributed by atoms with van der Waals surface area (Å²) < 4.78 is 15.4. The van der Waals surface area contributed by atoms with Crippen LogP contribution in [0.3, 0.4) is 0 Å². The molecular weight excluding hydrogens is 264 g/mol. The van der Waals surface area contributed by atoms with Gasteiger partial charge in [0.05, 0.1) is 2.74 Å². The monoisotopic (exact) mass is 286 g/mol. The van der Waals surface area contributed by atoms with E-state index in [-0.39, 0.29) is 0 Å². The van der Waals surface area contributed by atoms with E-state index in [1.54, 1.807) is 6.07 Å². The Morgan fingerprint density at radius 1 is 0.682 bits per heavy atom. The van der Waals surface area contributed by atoms with Crippen molar-refractivity contribution in [1.82, 2.24) is 0 Å². The zero-order valence-electron chi connectivity index (χ0n) is 14.5. The van der Waals surface area contributed by atoms with Crippen molar-refractivity contribution in [2.24, 2.45) is 0 Å². The average molecular weight is 286 g/mol.